The predicted molar refractivity (Wildman–Crippen MR) is 78.5 cm³/mol. The Balaban J connectivity index is 1.95. The van der Waals surface area contributed by atoms with Crippen LogP contribution in [0.4, 0.5) is 0 Å². The number of thiophene rings is 1. The van der Waals surface area contributed by atoms with Crippen molar-refractivity contribution in [2.75, 3.05) is 0 Å². The van der Waals surface area contributed by atoms with Crippen molar-refractivity contribution in [3.05, 3.63) is 56.2 Å². The molecule has 1 unspecified atom stereocenters. The zero-order valence-electron chi connectivity index (χ0n) is 9.86. The highest BCUT2D eigenvalue weighted by Gasteiger charge is 2.27. The van der Waals surface area contributed by atoms with E-state index in [1.807, 2.05) is 24.3 Å². The van der Waals surface area contributed by atoms with Crippen LogP contribution in [0.2, 0.25) is 0 Å². The molecule has 2 aromatic rings. The molecule has 0 bridgehead atoms. The van der Waals surface area contributed by atoms with Gasteiger partial charge in [-0.15, -0.1) is 11.3 Å². The highest BCUT2D eigenvalue weighted by molar-refractivity contribution is 9.10. The van der Waals surface area contributed by atoms with Crippen molar-refractivity contribution in [2.24, 2.45) is 0 Å². The van der Waals surface area contributed by atoms with Crippen molar-refractivity contribution in [3.8, 4) is 0 Å². The molecule has 0 fully saturated rings. The summed E-state index contributed by atoms with van der Waals surface area (Å²) in [5.41, 5.74) is 2.07. The maximum absolute atomic E-state index is 12.6. The van der Waals surface area contributed by atoms with Gasteiger partial charge in [-0.2, -0.15) is 0 Å². The third-order valence-electron chi connectivity index (χ3n) is 3.48. The molecule has 0 saturated carbocycles. The number of halogens is 1. The smallest absolute Gasteiger partial charge is 0.170 e. The molecule has 1 aromatic carbocycles. The molecule has 3 heteroatoms. The molecule has 1 heterocycles. The van der Waals surface area contributed by atoms with Crippen LogP contribution in [0.5, 0.6) is 0 Å². The summed E-state index contributed by atoms with van der Waals surface area (Å²) in [7, 11) is 0. The van der Waals surface area contributed by atoms with Gasteiger partial charge in [0.15, 0.2) is 5.78 Å². The highest BCUT2D eigenvalue weighted by Crippen LogP contribution is 2.37. The van der Waals surface area contributed by atoms with Gasteiger partial charge < -0.3 is 0 Å². The normalized spacial score (nSPS) is 18.4. The first kappa shape index (κ1) is 12.1. The summed E-state index contributed by atoms with van der Waals surface area (Å²) in [4.78, 5) is 14.0. The number of fused-ring (bicyclic) bond motifs is 1. The van der Waals surface area contributed by atoms with E-state index in [-0.39, 0.29) is 11.7 Å². The Morgan fingerprint density at radius 2 is 2.22 bits per heavy atom. The molecule has 92 valence electrons. The van der Waals surface area contributed by atoms with Crippen LogP contribution in [0.3, 0.4) is 0 Å². The van der Waals surface area contributed by atoms with Gasteiger partial charge in [-0.25, -0.2) is 0 Å². The van der Waals surface area contributed by atoms with Gasteiger partial charge in [0, 0.05) is 20.8 Å². The number of ketones is 1. The van der Waals surface area contributed by atoms with Crippen LogP contribution in [-0.2, 0) is 6.42 Å². The monoisotopic (exact) mass is 320 g/mol. The van der Waals surface area contributed by atoms with Crippen LogP contribution in [0.1, 0.15) is 39.6 Å². The molecule has 1 aliphatic rings. The largest absolute Gasteiger partial charge is 0.293 e. The summed E-state index contributed by atoms with van der Waals surface area (Å²) >= 11 is 5.21. The topological polar surface area (TPSA) is 17.1 Å². The van der Waals surface area contributed by atoms with Crippen LogP contribution in [0.15, 0.2) is 40.2 Å². The van der Waals surface area contributed by atoms with Crippen LogP contribution in [0.25, 0.3) is 0 Å². The van der Waals surface area contributed by atoms with Crippen molar-refractivity contribution in [1.82, 2.24) is 0 Å². The fourth-order valence-corrected chi connectivity index (χ4v) is 3.99. The van der Waals surface area contributed by atoms with E-state index >= 15 is 0 Å². The maximum atomic E-state index is 12.6. The lowest BCUT2D eigenvalue weighted by Gasteiger charge is -2.21. The molecular weight excluding hydrogens is 308 g/mol. The van der Waals surface area contributed by atoms with Gasteiger partial charge in [-0.05, 0) is 48.4 Å². The molecule has 0 N–H and O–H groups in total. The van der Waals surface area contributed by atoms with E-state index in [0.717, 1.165) is 29.3 Å². The lowest BCUT2D eigenvalue weighted by atomic mass is 9.82. The minimum Gasteiger partial charge on any atom is -0.293 e. The molecular formula is C15H13BrOS. The number of rotatable bonds is 2. The van der Waals surface area contributed by atoms with Gasteiger partial charge in [0.05, 0.1) is 0 Å². The summed E-state index contributed by atoms with van der Waals surface area (Å²) in [5, 5.41) is 2.11. The lowest BCUT2D eigenvalue weighted by molar-refractivity contribution is 0.0951. The molecule has 1 aromatic heterocycles. The van der Waals surface area contributed by atoms with Crippen molar-refractivity contribution >= 4 is 33.0 Å². The molecule has 0 radical (unpaired) electrons. The van der Waals surface area contributed by atoms with Gasteiger partial charge in [0.1, 0.15) is 0 Å². The standard InChI is InChI=1S/C15H13BrOS/c16-11-4-1-3-10(9-11)15(17)13-5-2-6-14-12(13)7-8-18-14/h1,3-4,7-9,13H,2,5-6H2. The van der Waals surface area contributed by atoms with E-state index in [0.29, 0.717) is 0 Å². The Labute approximate surface area is 119 Å². The second-order valence-electron chi connectivity index (χ2n) is 4.62. The molecule has 0 saturated heterocycles. The Hall–Kier alpha value is -0.930. The fourth-order valence-electron chi connectivity index (χ4n) is 2.60. The quantitative estimate of drug-likeness (QED) is 0.725. The van der Waals surface area contributed by atoms with E-state index < -0.39 is 0 Å². The summed E-state index contributed by atoms with van der Waals surface area (Å²) in [5.74, 6) is 0.324. The number of aryl methyl sites for hydroxylation is 1. The van der Waals surface area contributed by atoms with Gasteiger partial charge in [-0.1, -0.05) is 28.1 Å². The Morgan fingerprint density at radius 1 is 1.33 bits per heavy atom. The number of Topliss-reactive ketones (excluding diaryl/α,β-unsaturated/α-hetero) is 1. The third kappa shape index (κ3) is 2.17. The van der Waals surface area contributed by atoms with Crippen LogP contribution >= 0.6 is 27.3 Å². The minimum atomic E-state index is 0.0642. The molecule has 18 heavy (non-hydrogen) atoms. The van der Waals surface area contributed by atoms with E-state index in [4.69, 9.17) is 0 Å². The summed E-state index contributed by atoms with van der Waals surface area (Å²) in [6.45, 7) is 0. The molecule has 1 nitrogen and oxygen atoms in total. The second-order valence-corrected chi connectivity index (χ2v) is 6.53. The van der Waals surface area contributed by atoms with E-state index in [9.17, 15) is 4.79 Å². The summed E-state index contributed by atoms with van der Waals surface area (Å²) < 4.78 is 0.967. The third-order valence-corrected chi connectivity index (χ3v) is 4.97. The van der Waals surface area contributed by atoms with Gasteiger partial charge in [-0.3, -0.25) is 4.79 Å². The molecule has 0 aliphatic heterocycles. The maximum Gasteiger partial charge on any atom is 0.170 e. The van der Waals surface area contributed by atoms with Crippen LogP contribution in [0, 0.1) is 0 Å². The molecule has 0 spiro atoms. The lowest BCUT2D eigenvalue weighted by Crippen LogP contribution is -2.17. The number of hydrogen-bond donors (Lipinski definition) is 0. The van der Waals surface area contributed by atoms with E-state index in [2.05, 4.69) is 27.4 Å². The molecule has 1 atom stereocenters. The summed E-state index contributed by atoms with van der Waals surface area (Å²) in [6, 6.07) is 9.83. The number of carbonyl (C=O) groups excluding carboxylic acids is 1. The Bertz CT molecular complexity index is 588. The first-order valence-corrected chi connectivity index (χ1v) is 7.79. The zero-order valence-corrected chi connectivity index (χ0v) is 12.3. The van der Waals surface area contributed by atoms with Crippen molar-refractivity contribution in [3.63, 3.8) is 0 Å². The number of benzene rings is 1. The average molecular weight is 321 g/mol. The minimum absolute atomic E-state index is 0.0642. The highest BCUT2D eigenvalue weighted by atomic mass is 79.9. The van der Waals surface area contributed by atoms with Crippen LogP contribution < -0.4 is 0 Å². The first-order valence-electron chi connectivity index (χ1n) is 6.12. The van der Waals surface area contributed by atoms with Crippen molar-refractivity contribution in [2.45, 2.75) is 25.2 Å². The Morgan fingerprint density at radius 3 is 3.06 bits per heavy atom. The van der Waals surface area contributed by atoms with E-state index in [1.165, 1.54) is 10.4 Å². The van der Waals surface area contributed by atoms with Crippen molar-refractivity contribution in [1.29, 1.82) is 0 Å². The summed E-state index contributed by atoms with van der Waals surface area (Å²) in [6.07, 6.45) is 3.24. The second kappa shape index (κ2) is 4.98. The molecule has 1 aliphatic carbocycles. The Kier molecular flexibility index (Phi) is 3.35. The average Bonchev–Trinajstić information content (AvgIpc) is 2.86. The fraction of sp³-hybridized carbons (Fsp3) is 0.267. The zero-order chi connectivity index (χ0) is 12.5. The van der Waals surface area contributed by atoms with Gasteiger partial charge >= 0.3 is 0 Å². The first-order chi connectivity index (χ1) is 8.75. The number of carbonyl (C=O) groups is 1. The van der Waals surface area contributed by atoms with Gasteiger partial charge in [0.25, 0.3) is 0 Å². The molecule has 0 amide bonds. The van der Waals surface area contributed by atoms with Crippen LogP contribution in [-0.4, -0.2) is 5.78 Å². The SMILES string of the molecule is O=C(c1cccc(Br)c1)C1CCCc2sccc21. The van der Waals surface area contributed by atoms with Gasteiger partial charge in [0.2, 0.25) is 0 Å². The number of hydrogen-bond acceptors (Lipinski definition) is 2. The molecule has 3 rings (SSSR count). The van der Waals surface area contributed by atoms with E-state index in [1.54, 1.807) is 11.3 Å². The van der Waals surface area contributed by atoms with Crippen molar-refractivity contribution < 1.29 is 4.79 Å². The predicted octanol–water partition coefficient (Wildman–Crippen LogP) is 4.81.